The van der Waals surface area contributed by atoms with Crippen molar-refractivity contribution in [1.82, 2.24) is 4.90 Å². The van der Waals surface area contributed by atoms with E-state index in [4.69, 9.17) is 16.0 Å². The number of nitrogens with one attached hydrogen (secondary N) is 1. The van der Waals surface area contributed by atoms with Gasteiger partial charge in [0, 0.05) is 22.3 Å². The maximum Gasteiger partial charge on any atom is 0.416 e. The number of carbonyl (C=O) groups is 3. The lowest BCUT2D eigenvalue weighted by Gasteiger charge is -2.13. The maximum absolute atomic E-state index is 12.8. The first-order valence-electron chi connectivity index (χ1n) is 9.68. The number of halogens is 4. The molecule has 0 bridgehead atoms. The normalized spacial score (nSPS) is 15.3. The summed E-state index contributed by atoms with van der Waals surface area (Å²) in [6, 6.07) is 14.3. The molecule has 1 aromatic heterocycles. The molecule has 0 radical (unpaired) electrons. The number of rotatable bonds is 5. The van der Waals surface area contributed by atoms with Gasteiger partial charge in [-0.15, -0.1) is 0 Å². The Bertz CT molecular complexity index is 1300. The predicted octanol–water partition coefficient (Wildman–Crippen LogP) is 6.29. The first kappa shape index (κ1) is 23.7. The summed E-state index contributed by atoms with van der Waals surface area (Å²) in [5, 5.41) is 2.16. The van der Waals surface area contributed by atoms with Gasteiger partial charge in [0.1, 0.15) is 18.1 Å². The third-order valence-electron chi connectivity index (χ3n) is 4.68. The highest BCUT2D eigenvalue weighted by atomic mass is 35.5. The molecule has 1 aliphatic heterocycles. The Kier molecular flexibility index (Phi) is 6.54. The van der Waals surface area contributed by atoms with Crippen molar-refractivity contribution in [3.63, 3.8) is 0 Å². The molecule has 0 aliphatic carbocycles. The van der Waals surface area contributed by atoms with Gasteiger partial charge >= 0.3 is 6.18 Å². The Morgan fingerprint density at radius 2 is 1.82 bits per heavy atom. The Labute approximate surface area is 200 Å². The minimum absolute atomic E-state index is 0.0499. The van der Waals surface area contributed by atoms with Crippen molar-refractivity contribution < 1.29 is 32.0 Å². The van der Waals surface area contributed by atoms with E-state index in [0.717, 1.165) is 23.8 Å². The van der Waals surface area contributed by atoms with Crippen LogP contribution in [0.25, 0.3) is 17.4 Å². The van der Waals surface area contributed by atoms with E-state index in [1.54, 1.807) is 36.4 Å². The van der Waals surface area contributed by atoms with Gasteiger partial charge in [0.05, 0.1) is 10.5 Å². The number of thioether (sulfide) groups is 1. The standard InChI is InChI=1S/C23H14ClF3N2O4S/c24-15-6-4-13(5-7-15)18-9-8-17(33-18)11-19-21(31)29(22(32)34-19)12-20(30)28-16-3-1-2-14(10-16)23(25,26)27/h1-11H,12H2,(H,28,30)/b19-11-. The number of imide groups is 1. The third kappa shape index (κ3) is 5.35. The summed E-state index contributed by atoms with van der Waals surface area (Å²) in [7, 11) is 0. The second-order valence-corrected chi connectivity index (χ2v) is 8.53. The van der Waals surface area contributed by atoms with Crippen molar-refractivity contribution in [3.8, 4) is 11.3 Å². The zero-order valence-corrected chi connectivity index (χ0v) is 18.6. The monoisotopic (exact) mass is 506 g/mol. The number of furan rings is 1. The van der Waals surface area contributed by atoms with Crippen LogP contribution in [0.2, 0.25) is 5.02 Å². The van der Waals surface area contributed by atoms with E-state index in [1.807, 2.05) is 0 Å². The first-order valence-corrected chi connectivity index (χ1v) is 10.9. The minimum Gasteiger partial charge on any atom is -0.457 e. The summed E-state index contributed by atoms with van der Waals surface area (Å²) < 4.78 is 44.2. The Balaban J connectivity index is 1.43. The summed E-state index contributed by atoms with van der Waals surface area (Å²) in [4.78, 5) is 37.9. The fourth-order valence-corrected chi connectivity index (χ4v) is 4.03. The van der Waals surface area contributed by atoms with Gasteiger partial charge in [0.25, 0.3) is 11.1 Å². The van der Waals surface area contributed by atoms with Crippen LogP contribution in [-0.2, 0) is 15.8 Å². The van der Waals surface area contributed by atoms with Crippen LogP contribution < -0.4 is 5.32 Å². The zero-order chi connectivity index (χ0) is 24.5. The number of anilines is 1. The molecule has 2 aromatic carbocycles. The molecule has 1 aliphatic rings. The van der Waals surface area contributed by atoms with E-state index in [9.17, 15) is 27.6 Å². The largest absolute Gasteiger partial charge is 0.457 e. The predicted molar refractivity (Wildman–Crippen MR) is 122 cm³/mol. The van der Waals surface area contributed by atoms with E-state index in [2.05, 4.69) is 5.32 Å². The Morgan fingerprint density at radius 1 is 1.09 bits per heavy atom. The van der Waals surface area contributed by atoms with Crippen molar-refractivity contribution in [3.05, 3.63) is 81.9 Å². The molecule has 174 valence electrons. The van der Waals surface area contributed by atoms with Crippen LogP contribution in [0.4, 0.5) is 23.7 Å². The van der Waals surface area contributed by atoms with Gasteiger partial charge in [-0.05, 0) is 66.4 Å². The molecule has 4 rings (SSSR count). The first-order chi connectivity index (χ1) is 16.1. The van der Waals surface area contributed by atoms with Crippen LogP contribution in [0.3, 0.4) is 0 Å². The number of hydrogen-bond donors (Lipinski definition) is 1. The molecule has 1 fully saturated rings. The molecule has 1 saturated heterocycles. The maximum atomic E-state index is 12.8. The van der Waals surface area contributed by atoms with Gasteiger partial charge < -0.3 is 9.73 Å². The summed E-state index contributed by atoms with van der Waals surface area (Å²) in [6.45, 7) is -0.646. The lowest BCUT2D eigenvalue weighted by atomic mass is 10.2. The van der Waals surface area contributed by atoms with Gasteiger partial charge in [-0.25, -0.2) is 0 Å². The van der Waals surface area contributed by atoms with E-state index >= 15 is 0 Å². The second kappa shape index (κ2) is 9.40. The summed E-state index contributed by atoms with van der Waals surface area (Å²) in [6.07, 6.45) is -3.19. The van der Waals surface area contributed by atoms with Crippen LogP contribution in [-0.4, -0.2) is 28.5 Å². The van der Waals surface area contributed by atoms with Crippen molar-refractivity contribution in [2.24, 2.45) is 0 Å². The van der Waals surface area contributed by atoms with Crippen molar-refractivity contribution in [2.75, 3.05) is 11.9 Å². The lowest BCUT2D eigenvalue weighted by Crippen LogP contribution is -2.36. The Hall–Kier alpha value is -3.50. The number of hydrogen-bond acceptors (Lipinski definition) is 5. The minimum atomic E-state index is -4.57. The Morgan fingerprint density at radius 3 is 2.53 bits per heavy atom. The molecule has 0 unspecified atom stereocenters. The average Bonchev–Trinajstić information content (AvgIpc) is 3.34. The number of alkyl halides is 3. The molecule has 2 heterocycles. The van der Waals surface area contributed by atoms with Crippen LogP contribution in [0, 0.1) is 0 Å². The summed E-state index contributed by atoms with van der Waals surface area (Å²) in [5.41, 5.74) is -0.271. The van der Waals surface area contributed by atoms with Crippen LogP contribution in [0.5, 0.6) is 0 Å². The van der Waals surface area contributed by atoms with Gasteiger partial charge in [-0.1, -0.05) is 17.7 Å². The van der Waals surface area contributed by atoms with E-state index in [1.165, 1.54) is 12.1 Å². The summed E-state index contributed by atoms with van der Waals surface area (Å²) >= 11 is 6.51. The lowest BCUT2D eigenvalue weighted by molar-refractivity contribution is -0.137. The van der Waals surface area contributed by atoms with Crippen LogP contribution in [0.1, 0.15) is 11.3 Å². The molecule has 3 aromatic rings. The molecule has 34 heavy (non-hydrogen) atoms. The number of amides is 3. The third-order valence-corrected chi connectivity index (χ3v) is 5.84. The van der Waals surface area contributed by atoms with Crippen molar-refractivity contribution in [1.29, 1.82) is 0 Å². The highest BCUT2D eigenvalue weighted by Crippen LogP contribution is 2.34. The molecule has 0 spiro atoms. The molecular formula is C23H14ClF3N2O4S. The molecule has 6 nitrogen and oxygen atoms in total. The van der Waals surface area contributed by atoms with E-state index in [-0.39, 0.29) is 10.6 Å². The highest BCUT2D eigenvalue weighted by Gasteiger charge is 2.37. The fourth-order valence-electron chi connectivity index (χ4n) is 3.08. The van der Waals surface area contributed by atoms with Gasteiger partial charge in [0.15, 0.2) is 0 Å². The smallest absolute Gasteiger partial charge is 0.416 e. The van der Waals surface area contributed by atoms with Crippen LogP contribution >= 0.6 is 23.4 Å². The molecule has 0 atom stereocenters. The fraction of sp³-hybridized carbons (Fsp3) is 0.0870. The van der Waals surface area contributed by atoms with Crippen molar-refractivity contribution in [2.45, 2.75) is 6.18 Å². The second-order valence-electron chi connectivity index (χ2n) is 7.10. The number of nitrogens with zero attached hydrogens (tertiary/aromatic N) is 1. The van der Waals surface area contributed by atoms with Gasteiger partial charge in [-0.3, -0.25) is 19.3 Å². The number of benzene rings is 2. The van der Waals surface area contributed by atoms with Gasteiger partial charge in [0.2, 0.25) is 5.91 Å². The van der Waals surface area contributed by atoms with E-state index < -0.39 is 35.3 Å². The molecular weight excluding hydrogens is 493 g/mol. The van der Waals surface area contributed by atoms with E-state index in [0.29, 0.717) is 33.2 Å². The van der Waals surface area contributed by atoms with Gasteiger partial charge in [-0.2, -0.15) is 13.2 Å². The highest BCUT2D eigenvalue weighted by molar-refractivity contribution is 8.18. The molecule has 1 N–H and O–H groups in total. The topological polar surface area (TPSA) is 79.6 Å². The number of carbonyl (C=O) groups excluding carboxylic acids is 3. The van der Waals surface area contributed by atoms with Crippen LogP contribution in [0.15, 0.2) is 70.0 Å². The average molecular weight is 507 g/mol. The zero-order valence-electron chi connectivity index (χ0n) is 17.1. The van der Waals surface area contributed by atoms with Crippen molar-refractivity contribution >= 4 is 52.2 Å². The molecule has 0 saturated carbocycles. The molecule has 3 amide bonds. The SMILES string of the molecule is O=C(CN1C(=O)S/C(=C\c2ccc(-c3ccc(Cl)cc3)o2)C1=O)Nc1cccc(C(F)(F)F)c1. The molecule has 11 heteroatoms. The summed E-state index contributed by atoms with van der Waals surface area (Å²) in [5.74, 6) is -0.670. The quantitative estimate of drug-likeness (QED) is 0.411.